The lowest BCUT2D eigenvalue weighted by Gasteiger charge is -2.41. The molecule has 0 aliphatic carbocycles. The number of aryl methyl sites for hydroxylation is 1. The molecular formula is C37H46N4O7+2. The number of benzene rings is 3. The van der Waals surface area contributed by atoms with E-state index in [0.717, 1.165) is 60.2 Å². The summed E-state index contributed by atoms with van der Waals surface area (Å²) >= 11 is 0. The van der Waals surface area contributed by atoms with Crippen LogP contribution >= 0.6 is 0 Å². The highest BCUT2D eigenvalue weighted by Crippen LogP contribution is 2.25. The lowest BCUT2D eigenvalue weighted by atomic mass is 10.0. The lowest BCUT2D eigenvalue weighted by Crippen LogP contribution is -2.51. The number of nitriles is 1. The standard InChI is InChI=1S/C37H46N4O7/c1-30-8-10-32(11-9-30)26-40(2,27-33-14-12-31(25-38)13-15-33)23-24-46-37(43)48-29-47-36(42)7-6-22-41(20-4-3-5-21-41)28-34-16-18-35(19-17-34)39(44)45/h8-19H,3-7,20-24,26-29H2,1-2H3/q+2. The Labute approximate surface area is 282 Å². The Kier molecular flexibility index (Phi) is 13.1. The first-order valence-electron chi connectivity index (χ1n) is 16.5. The molecule has 1 atom stereocenters. The number of likely N-dealkylation sites (tertiary alicyclic amines) is 1. The minimum absolute atomic E-state index is 0.0771. The molecule has 11 nitrogen and oxygen atoms in total. The molecule has 11 heteroatoms. The quantitative estimate of drug-likeness (QED) is 0.0557. The van der Waals surface area contributed by atoms with Crippen molar-refractivity contribution >= 4 is 17.8 Å². The Morgan fingerprint density at radius 2 is 1.48 bits per heavy atom. The van der Waals surface area contributed by atoms with Crippen molar-refractivity contribution in [2.45, 2.75) is 58.7 Å². The molecule has 4 rings (SSSR count). The van der Waals surface area contributed by atoms with E-state index in [0.29, 0.717) is 36.1 Å². The van der Waals surface area contributed by atoms with Gasteiger partial charge >= 0.3 is 12.1 Å². The molecule has 0 spiro atoms. The van der Waals surface area contributed by atoms with Crippen LogP contribution in [0.3, 0.4) is 0 Å². The highest BCUT2D eigenvalue weighted by atomic mass is 16.8. The Balaban J connectivity index is 1.20. The van der Waals surface area contributed by atoms with Crippen LogP contribution in [0.1, 0.15) is 59.9 Å². The number of piperidine rings is 1. The van der Waals surface area contributed by atoms with Gasteiger partial charge in [0.25, 0.3) is 5.69 Å². The number of ether oxygens (including phenoxy) is 3. The molecule has 3 aromatic rings. The maximum absolute atomic E-state index is 12.4. The molecule has 1 unspecified atom stereocenters. The first kappa shape index (κ1) is 36.1. The van der Waals surface area contributed by atoms with Crippen molar-refractivity contribution < 1.29 is 37.7 Å². The van der Waals surface area contributed by atoms with Crippen molar-refractivity contribution in [2.24, 2.45) is 0 Å². The van der Waals surface area contributed by atoms with Crippen molar-refractivity contribution in [3.8, 4) is 6.07 Å². The van der Waals surface area contributed by atoms with E-state index in [9.17, 15) is 19.7 Å². The molecule has 1 saturated heterocycles. The van der Waals surface area contributed by atoms with E-state index < -0.39 is 23.8 Å². The fourth-order valence-electron chi connectivity index (χ4n) is 6.39. The van der Waals surface area contributed by atoms with Gasteiger partial charge in [-0.1, -0.05) is 42.0 Å². The van der Waals surface area contributed by atoms with Crippen LogP contribution in [0.5, 0.6) is 0 Å². The first-order chi connectivity index (χ1) is 23.1. The number of non-ortho nitro benzene ring substituents is 1. The largest absolute Gasteiger partial charge is 0.511 e. The van der Waals surface area contributed by atoms with Gasteiger partial charge in [-0.05, 0) is 50.5 Å². The second kappa shape index (κ2) is 17.4. The van der Waals surface area contributed by atoms with Gasteiger partial charge in [0.05, 0.1) is 49.7 Å². The summed E-state index contributed by atoms with van der Waals surface area (Å²) in [6, 6.07) is 24.7. The van der Waals surface area contributed by atoms with Crippen molar-refractivity contribution in [2.75, 3.05) is 46.6 Å². The minimum Gasteiger partial charge on any atom is -0.428 e. The number of carbonyl (C=O) groups excluding carboxylic acids is 2. The topological polar surface area (TPSA) is 129 Å². The van der Waals surface area contributed by atoms with E-state index in [1.54, 1.807) is 24.3 Å². The van der Waals surface area contributed by atoms with Crippen LogP contribution in [-0.2, 0) is 38.6 Å². The van der Waals surface area contributed by atoms with Gasteiger partial charge in [0.15, 0.2) is 0 Å². The number of hydrogen-bond acceptors (Lipinski definition) is 8. The van der Waals surface area contributed by atoms with Gasteiger partial charge in [0, 0.05) is 35.2 Å². The average Bonchev–Trinajstić information content (AvgIpc) is 3.07. The summed E-state index contributed by atoms with van der Waals surface area (Å²) < 4.78 is 16.9. The summed E-state index contributed by atoms with van der Waals surface area (Å²) in [5, 5.41) is 20.2. The molecule has 0 amide bonds. The monoisotopic (exact) mass is 658 g/mol. The molecule has 254 valence electrons. The minimum atomic E-state index is -0.899. The Morgan fingerprint density at radius 1 is 0.875 bits per heavy atom. The maximum Gasteiger partial charge on any atom is 0.511 e. The van der Waals surface area contributed by atoms with Crippen LogP contribution in [0, 0.1) is 28.4 Å². The number of likely N-dealkylation sites (N-methyl/N-ethyl adjacent to an activating group) is 1. The lowest BCUT2D eigenvalue weighted by molar-refractivity contribution is -0.945. The van der Waals surface area contributed by atoms with Crippen LogP contribution in [-0.4, -0.2) is 72.6 Å². The molecule has 0 bridgehead atoms. The molecule has 0 aromatic heterocycles. The SMILES string of the molecule is Cc1ccc(C[N+](C)(CCOC(=O)OCOC(=O)CCC[N+]2(Cc3ccc([N+](=O)[O-])cc3)CCCCC2)Cc2ccc(C#N)cc2)cc1. The van der Waals surface area contributed by atoms with E-state index >= 15 is 0 Å². The van der Waals surface area contributed by atoms with Crippen LogP contribution in [0.4, 0.5) is 10.5 Å². The number of nitrogens with zero attached hydrogens (tertiary/aromatic N) is 4. The van der Waals surface area contributed by atoms with E-state index in [1.165, 1.54) is 12.0 Å². The predicted molar refractivity (Wildman–Crippen MR) is 179 cm³/mol. The van der Waals surface area contributed by atoms with Crippen LogP contribution in [0.2, 0.25) is 0 Å². The molecule has 0 radical (unpaired) electrons. The summed E-state index contributed by atoms with van der Waals surface area (Å²) in [5.41, 5.74) is 5.13. The maximum atomic E-state index is 12.4. The van der Waals surface area contributed by atoms with Crippen molar-refractivity contribution in [1.29, 1.82) is 5.26 Å². The molecule has 48 heavy (non-hydrogen) atoms. The van der Waals surface area contributed by atoms with Crippen molar-refractivity contribution in [3.05, 3.63) is 111 Å². The number of esters is 1. The molecule has 1 heterocycles. The van der Waals surface area contributed by atoms with Gasteiger partial charge < -0.3 is 23.2 Å². The fourth-order valence-corrected chi connectivity index (χ4v) is 6.39. The Bertz CT molecular complexity index is 1550. The number of nitro benzene ring substituents is 1. The first-order valence-corrected chi connectivity index (χ1v) is 16.5. The number of hydrogen-bond donors (Lipinski definition) is 0. The van der Waals surface area contributed by atoms with Gasteiger partial charge in [-0.15, -0.1) is 0 Å². The molecule has 3 aromatic carbocycles. The normalized spacial score (nSPS) is 15.0. The zero-order valence-electron chi connectivity index (χ0n) is 28.0. The summed E-state index contributed by atoms with van der Waals surface area (Å²) in [6.07, 6.45) is 3.30. The van der Waals surface area contributed by atoms with Crippen molar-refractivity contribution in [1.82, 2.24) is 0 Å². The number of nitro groups is 1. The van der Waals surface area contributed by atoms with E-state index in [4.69, 9.17) is 19.5 Å². The zero-order valence-corrected chi connectivity index (χ0v) is 28.0. The Hall–Kier alpha value is -4.79. The molecular weight excluding hydrogens is 612 g/mol. The predicted octanol–water partition coefficient (Wildman–Crippen LogP) is 6.56. The third-order valence-corrected chi connectivity index (χ3v) is 9.02. The van der Waals surface area contributed by atoms with Gasteiger partial charge in [-0.3, -0.25) is 14.9 Å². The number of carbonyl (C=O) groups is 2. The van der Waals surface area contributed by atoms with Crippen LogP contribution in [0.15, 0.2) is 72.8 Å². The van der Waals surface area contributed by atoms with Gasteiger partial charge in [0.1, 0.15) is 32.8 Å². The summed E-state index contributed by atoms with van der Waals surface area (Å²) in [6.45, 7) is 7.09. The third-order valence-electron chi connectivity index (χ3n) is 9.02. The van der Waals surface area contributed by atoms with Crippen LogP contribution in [0.25, 0.3) is 0 Å². The van der Waals surface area contributed by atoms with Gasteiger partial charge in [-0.2, -0.15) is 5.26 Å². The summed E-state index contributed by atoms with van der Waals surface area (Å²) in [7, 11) is 2.09. The Morgan fingerprint density at radius 3 is 2.08 bits per heavy atom. The smallest absolute Gasteiger partial charge is 0.428 e. The summed E-state index contributed by atoms with van der Waals surface area (Å²) in [5.74, 6) is -0.446. The number of rotatable bonds is 16. The zero-order chi connectivity index (χ0) is 34.4. The molecule has 0 saturated carbocycles. The van der Waals surface area contributed by atoms with Gasteiger partial charge in [0.2, 0.25) is 6.79 Å². The highest BCUT2D eigenvalue weighted by molar-refractivity contribution is 5.69. The molecule has 1 aliphatic rings. The van der Waals surface area contributed by atoms with E-state index in [2.05, 4.69) is 37.4 Å². The van der Waals surface area contributed by atoms with E-state index in [-0.39, 0.29) is 18.7 Å². The van der Waals surface area contributed by atoms with Crippen molar-refractivity contribution in [3.63, 3.8) is 0 Å². The van der Waals surface area contributed by atoms with Crippen LogP contribution < -0.4 is 0 Å². The van der Waals surface area contributed by atoms with E-state index in [1.807, 2.05) is 31.2 Å². The summed E-state index contributed by atoms with van der Waals surface area (Å²) in [4.78, 5) is 35.4. The average molecular weight is 659 g/mol. The van der Waals surface area contributed by atoms with Gasteiger partial charge in [-0.25, -0.2) is 4.79 Å². The molecule has 1 aliphatic heterocycles. The highest BCUT2D eigenvalue weighted by Gasteiger charge is 2.30. The third kappa shape index (κ3) is 11.5. The number of quaternary nitrogens is 2. The molecule has 0 N–H and O–H groups in total. The second-order valence-electron chi connectivity index (χ2n) is 13.1. The fraction of sp³-hybridized carbons (Fsp3) is 0.432. The second-order valence-corrected chi connectivity index (χ2v) is 13.1. The molecule has 1 fully saturated rings.